The molecule has 0 bridgehead atoms. The summed E-state index contributed by atoms with van der Waals surface area (Å²) in [6, 6.07) is 16.3. The number of carbonyl (C=O) groups excluding carboxylic acids is 1. The van der Waals surface area contributed by atoms with Gasteiger partial charge in [0.2, 0.25) is 17.8 Å². The molecule has 0 unspecified atom stereocenters. The second kappa shape index (κ2) is 12.2. The number of anilines is 3. The number of aromatic nitrogens is 5. The van der Waals surface area contributed by atoms with E-state index in [2.05, 4.69) is 46.6 Å². The van der Waals surface area contributed by atoms with E-state index in [4.69, 9.17) is 20.7 Å². The molecule has 4 N–H and O–H groups in total. The topological polar surface area (TPSA) is 126 Å². The summed E-state index contributed by atoms with van der Waals surface area (Å²) in [6.07, 6.45) is 8.76. The van der Waals surface area contributed by atoms with Gasteiger partial charge in [-0.3, -0.25) is 9.78 Å². The number of fused-ring (bicyclic) bond motifs is 2. The van der Waals surface area contributed by atoms with E-state index in [1.807, 2.05) is 49.5 Å². The number of nitrogens with two attached hydrogens (primary N) is 1. The lowest BCUT2D eigenvalue weighted by molar-refractivity contribution is -0.111. The summed E-state index contributed by atoms with van der Waals surface area (Å²) in [5.41, 5.74) is 11.8. The molecule has 10 heteroatoms. The van der Waals surface area contributed by atoms with E-state index in [9.17, 15) is 4.79 Å². The standard InChI is InChI=1S/C33H37N9O/c1-4-7-29(43)38-25-10-11-27-22(18-25)12-15-35-30(27)26-9-6-5-8-23(26)19-36-32-40-33(41-16-13-24(34)14-17-41)39-31-28(21(2)3)20-37-42(31)32/h4-12,15,18,20-21,24H,13-14,16-17,19,34H2,1-3H3,(H,38,43)(H,36,39,40)/b7-4+. The third-order valence-corrected chi connectivity index (χ3v) is 7.89. The summed E-state index contributed by atoms with van der Waals surface area (Å²) in [4.78, 5) is 29.0. The Morgan fingerprint density at radius 3 is 2.72 bits per heavy atom. The average Bonchev–Trinajstić information content (AvgIpc) is 3.45. The zero-order valence-electron chi connectivity index (χ0n) is 24.8. The molecular weight excluding hydrogens is 538 g/mol. The monoisotopic (exact) mass is 575 g/mol. The Morgan fingerprint density at radius 2 is 1.93 bits per heavy atom. The van der Waals surface area contributed by atoms with Crippen LogP contribution in [0, 0.1) is 0 Å². The van der Waals surface area contributed by atoms with Crippen LogP contribution in [-0.4, -0.2) is 49.6 Å². The number of carbonyl (C=O) groups is 1. The summed E-state index contributed by atoms with van der Waals surface area (Å²) >= 11 is 0. The van der Waals surface area contributed by atoms with Gasteiger partial charge in [0.25, 0.3) is 0 Å². The number of rotatable bonds is 8. The van der Waals surface area contributed by atoms with Crippen molar-refractivity contribution in [2.24, 2.45) is 5.73 Å². The van der Waals surface area contributed by atoms with Gasteiger partial charge in [-0.15, -0.1) is 0 Å². The molecular formula is C33H37N9O. The van der Waals surface area contributed by atoms with Crippen molar-refractivity contribution in [1.82, 2.24) is 24.6 Å². The van der Waals surface area contributed by atoms with Gasteiger partial charge in [-0.2, -0.15) is 19.6 Å². The van der Waals surface area contributed by atoms with Crippen LogP contribution < -0.4 is 21.3 Å². The van der Waals surface area contributed by atoms with Crippen LogP contribution in [0.3, 0.4) is 0 Å². The maximum atomic E-state index is 12.1. The van der Waals surface area contributed by atoms with E-state index in [1.165, 1.54) is 6.08 Å². The van der Waals surface area contributed by atoms with E-state index < -0.39 is 0 Å². The molecule has 0 saturated carbocycles. The molecule has 4 heterocycles. The smallest absolute Gasteiger partial charge is 0.248 e. The Balaban J connectivity index is 1.33. The zero-order valence-corrected chi connectivity index (χ0v) is 24.8. The molecule has 1 fully saturated rings. The fourth-order valence-electron chi connectivity index (χ4n) is 5.53. The molecule has 3 aromatic heterocycles. The lowest BCUT2D eigenvalue weighted by atomic mass is 9.99. The molecule has 220 valence electrons. The second-order valence-corrected chi connectivity index (χ2v) is 11.3. The molecule has 10 nitrogen and oxygen atoms in total. The number of hydrogen-bond acceptors (Lipinski definition) is 8. The summed E-state index contributed by atoms with van der Waals surface area (Å²) in [7, 11) is 0. The molecule has 1 saturated heterocycles. The summed E-state index contributed by atoms with van der Waals surface area (Å²) in [6.45, 7) is 8.30. The summed E-state index contributed by atoms with van der Waals surface area (Å²) in [5, 5.41) is 13.1. The van der Waals surface area contributed by atoms with E-state index >= 15 is 0 Å². The molecule has 43 heavy (non-hydrogen) atoms. The molecule has 0 aliphatic carbocycles. The maximum absolute atomic E-state index is 12.1. The highest BCUT2D eigenvalue weighted by Crippen LogP contribution is 2.31. The zero-order chi connectivity index (χ0) is 29.9. The number of nitrogens with zero attached hydrogens (tertiary/aromatic N) is 6. The van der Waals surface area contributed by atoms with Crippen molar-refractivity contribution < 1.29 is 4.79 Å². The SMILES string of the molecule is C/C=C/C(=O)Nc1ccc2c(-c3ccccc3CNc3nc(N4CCC(N)CC4)nc4c(C(C)C)cnn34)nccc2c1. The van der Waals surface area contributed by atoms with Crippen molar-refractivity contribution in [3.05, 3.63) is 84.2 Å². The number of benzene rings is 2. The maximum Gasteiger partial charge on any atom is 0.248 e. The number of nitrogens with one attached hydrogen (secondary N) is 2. The number of allylic oxidation sites excluding steroid dienone is 1. The predicted molar refractivity (Wildman–Crippen MR) is 172 cm³/mol. The normalized spacial score (nSPS) is 14.3. The first-order chi connectivity index (χ1) is 20.9. The van der Waals surface area contributed by atoms with Crippen molar-refractivity contribution in [2.75, 3.05) is 28.6 Å². The van der Waals surface area contributed by atoms with E-state index in [0.717, 1.165) is 70.4 Å². The van der Waals surface area contributed by atoms with E-state index in [0.29, 0.717) is 18.4 Å². The van der Waals surface area contributed by atoms with Crippen LogP contribution in [0.4, 0.5) is 17.6 Å². The first-order valence-corrected chi connectivity index (χ1v) is 14.8. The molecule has 0 spiro atoms. The predicted octanol–water partition coefficient (Wildman–Crippen LogP) is 5.52. The summed E-state index contributed by atoms with van der Waals surface area (Å²) in [5.74, 6) is 1.46. The van der Waals surface area contributed by atoms with Gasteiger partial charge >= 0.3 is 0 Å². The van der Waals surface area contributed by atoms with E-state index in [1.54, 1.807) is 16.8 Å². The Kier molecular flexibility index (Phi) is 8.02. The number of piperidine rings is 1. The molecule has 0 atom stereocenters. The average molecular weight is 576 g/mol. The molecule has 6 rings (SSSR count). The van der Waals surface area contributed by atoms with Crippen LogP contribution in [0.1, 0.15) is 50.7 Å². The molecule has 0 radical (unpaired) electrons. The Bertz CT molecular complexity index is 1800. The fourth-order valence-corrected chi connectivity index (χ4v) is 5.53. The van der Waals surface area contributed by atoms with Gasteiger partial charge in [-0.1, -0.05) is 50.3 Å². The van der Waals surface area contributed by atoms with Crippen molar-refractivity contribution in [3.8, 4) is 11.3 Å². The first-order valence-electron chi connectivity index (χ1n) is 14.8. The Labute approximate surface area is 251 Å². The largest absolute Gasteiger partial charge is 0.350 e. The van der Waals surface area contributed by atoms with Crippen molar-refractivity contribution >= 4 is 39.9 Å². The van der Waals surface area contributed by atoms with Gasteiger partial charge < -0.3 is 21.3 Å². The van der Waals surface area contributed by atoms with Crippen molar-refractivity contribution in [2.45, 2.75) is 52.1 Å². The minimum atomic E-state index is -0.156. The van der Waals surface area contributed by atoms with Crippen LogP contribution in [0.15, 0.2) is 73.1 Å². The van der Waals surface area contributed by atoms with Crippen LogP contribution in [0.2, 0.25) is 0 Å². The highest BCUT2D eigenvalue weighted by atomic mass is 16.1. The van der Waals surface area contributed by atoms with Crippen LogP contribution in [0.25, 0.3) is 27.7 Å². The van der Waals surface area contributed by atoms with Crippen molar-refractivity contribution in [1.29, 1.82) is 0 Å². The number of hydrogen-bond donors (Lipinski definition) is 3. The third-order valence-electron chi connectivity index (χ3n) is 7.89. The highest BCUT2D eigenvalue weighted by Gasteiger charge is 2.22. The van der Waals surface area contributed by atoms with Gasteiger partial charge in [-0.25, -0.2) is 0 Å². The minimum Gasteiger partial charge on any atom is -0.350 e. The Morgan fingerprint density at radius 1 is 1.12 bits per heavy atom. The van der Waals surface area contributed by atoms with Gasteiger partial charge in [-0.05, 0) is 60.9 Å². The molecule has 1 aliphatic rings. The second-order valence-electron chi connectivity index (χ2n) is 11.3. The summed E-state index contributed by atoms with van der Waals surface area (Å²) < 4.78 is 1.80. The molecule has 5 aromatic rings. The highest BCUT2D eigenvalue weighted by molar-refractivity contribution is 6.02. The Hall–Kier alpha value is -4.83. The molecule has 2 aromatic carbocycles. The minimum absolute atomic E-state index is 0.156. The molecule has 1 amide bonds. The van der Waals surface area contributed by atoms with Crippen LogP contribution in [0.5, 0.6) is 0 Å². The lowest BCUT2D eigenvalue weighted by Crippen LogP contribution is -2.40. The lowest BCUT2D eigenvalue weighted by Gasteiger charge is -2.30. The quantitative estimate of drug-likeness (QED) is 0.207. The van der Waals surface area contributed by atoms with Gasteiger partial charge in [0, 0.05) is 54.1 Å². The first kappa shape index (κ1) is 28.3. The van der Waals surface area contributed by atoms with Gasteiger partial charge in [0.1, 0.15) is 0 Å². The van der Waals surface area contributed by atoms with Gasteiger partial charge in [0.15, 0.2) is 5.65 Å². The number of amides is 1. The molecule has 1 aliphatic heterocycles. The fraction of sp³-hybridized carbons (Fsp3) is 0.303. The van der Waals surface area contributed by atoms with Crippen molar-refractivity contribution in [3.63, 3.8) is 0 Å². The van der Waals surface area contributed by atoms with Gasteiger partial charge in [0.05, 0.1) is 11.9 Å². The number of pyridine rings is 1. The van der Waals surface area contributed by atoms with Crippen LogP contribution >= 0.6 is 0 Å². The third kappa shape index (κ3) is 5.91. The van der Waals surface area contributed by atoms with E-state index in [-0.39, 0.29) is 17.9 Å². The van der Waals surface area contributed by atoms with Crippen LogP contribution in [-0.2, 0) is 11.3 Å².